The van der Waals surface area contributed by atoms with Gasteiger partial charge < -0.3 is 11.1 Å². The summed E-state index contributed by atoms with van der Waals surface area (Å²) in [6.45, 7) is 1.83. The summed E-state index contributed by atoms with van der Waals surface area (Å²) < 4.78 is 0. The van der Waals surface area contributed by atoms with Crippen molar-refractivity contribution in [3.8, 4) is 0 Å². The van der Waals surface area contributed by atoms with Crippen LogP contribution in [0.3, 0.4) is 0 Å². The molecule has 0 saturated carbocycles. The fourth-order valence-corrected chi connectivity index (χ4v) is 2.00. The fraction of sp³-hybridized carbons (Fsp3) is 0.0833. The van der Waals surface area contributed by atoms with E-state index in [2.05, 4.69) is 10.3 Å². The van der Waals surface area contributed by atoms with Gasteiger partial charge in [0.1, 0.15) is 5.82 Å². The molecule has 2 aromatic rings. The number of hydrogen-bond acceptors (Lipinski definition) is 5. The number of benzene rings is 1. The Morgan fingerprint density at radius 2 is 2.00 bits per heavy atom. The highest BCUT2D eigenvalue weighted by Crippen LogP contribution is 2.31. The molecule has 0 unspecified atom stereocenters. The maximum absolute atomic E-state index is 10.7. The van der Waals surface area contributed by atoms with Crippen molar-refractivity contribution >= 4 is 46.2 Å². The van der Waals surface area contributed by atoms with Crippen LogP contribution in [-0.4, -0.2) is 9.91 Å². The Morgan fingerprint density at radius 1 is 1.30 bits per heavy atom. The molecule has 0 spiro atoms. The first kappa shape index (κ1) is 14.4. The molecule has 0 bridgehead atoms. The number of rotatable bonds is 3. The number of nitrogen functional groups attached to an aromatic ring is 1. The molecule has 0 aliphatic heterocycles. The van der Waals surface area contributed by atoms with Gasteiger partial charge in [-0.15, -0.1) is 0 Å². The summed E-state index contributed by atoms with van der Waals surface area (Å²) in [4.78, 5) is 14.0. The maximum Gasteiger partial charge on any atom is 0.311 e. The number of aryl methyl sites for hydroxylation is 1. The third-order valence-electron chi connectivity index (χ3n) is 2.61. The van der Waals surface area contributed by atoms with Crippen molar-refractivity contribution in [2.75, 3.05) is 11.1 Å². The lowest BCUT2D eigenvalue weighted by atomic mass is 10.2. The topological polar surface area (TPSA) is 94.1 Å². The van der Waals surface area contributed by atoms with Crippen LogP contribution in [0, 0.1) is 17.0 Å². The van der Waals surface area contributed by atoms with Gasteiger partial charge >= 0.3 is 5.69 Å². The lowest BCUT2D eigenvalue weighted by Gasteiger charge is -2.10. The summed E-state index contributed by atoms with van der Waals surface area (Å²) in [5, 5.41) is 14.6. The minimum Gasteiger partial charge on any atom is -0.378 e. The second-order valence-electron chi connectivity index (χ2n) is 4.06. The molecule has 0 aliphatic rings. The van der Waals surface area contributed by atoms with E-state index in [-0.39, 0.29) is 11.5 Å². The van der Waals surface area contributed by atoms with Crippen LogP contribution in [0.1, 0.15) is 5.56 Å². The summed E-state index contributed by atoms with van der Waals surface area (Å²) >= 11 is 12.1. The van der Waals surface area contributed by atoms with Gasteiger partial charge in [0.15, 0.2) is 0 Å². The van der Waals surface area contributed by atoms with E-state index in [0.717, 1.165) is 5.56 Å². The van der Waals surface area contributed by atoms with E-state index in [1.807, 2.05) is 6.92 Å². The highest BCUT2D eigenvalue weighted by atomic mass is 35.5. The predicted molar refractivity (Wildman–Crippen MR) is 79.8 cm³/mol. The van der Waals surface area contributed by atoms with Crippen LogP contribution in [-0.2, 0) is 0 Å². The van der Waals surface area contributed by atoms with Gasteiger partial charge in [-0.25, -0.2) is 4.98 Å². The van der Waals surface area contributed by atoms with Crippen molar-refractivity contribution in [1.29, 1.82) is 0 Å². The molecule has 20 heavy (non-hydrogen) atoms. The molecular formula is C12H10Cl2N4O2. The molecule has 1 aromatic carbocycles. The first-order valence-corrected chi connectivity index (χ1v) is 6.27. The number of nitro groups is 1. The van der Waals surface area contributed by atoms with Crippen molar-refractivity contribution in [3.05, 3.63) is 50.0 Å². The molecule has 0 amide bonds. The van der Waals surface area contributed by atoms with E-state index in [4.69, 9.17) is 28.9 Å². The second kappa shape index (κ2) is 5.52. The van der Waals surface area contributed by atoms with E-state index in [1.165, 1.54) is 12.1 Å². The van der Waals surface area contributed by atoms with Crippen molar-refractivity contribution in [2.24, 2.45) is 0 Å². The summed E-state index contributed by atoms with van der Waals surface area (Å²) in [6.07, 6.45) is 0. The lowest BCUT2D eigenvalue weighted by Crippen LogP contribution is -2.01. The number of nitrogens with one attached hydrogen (secondary N) is 1. The Labute approximate surface area is 124 Å². The minimum atomic E-state index is -0.595. The van der Waals surface area contributed by atoms with Crippen LogP contribution in [0.25, 0.3) is 0 Å². The Balaban J connectivity index is 2.33. The second-order valence-corrected chi connectivity index (χ2v) is 4.88. The third kappa shape index (κ3) is 2.92. The molecule has 104 valence electrons. The SMILES string of the molecule is Cc1cc(Cl)c(Nc2ccc([N+](=O)[O-])c(N)n2)cc1Cl. The van der Waals surface area contributed by atoms with Crippen LogP contribution in [0.15, 0.2) is 24.3 Å². The van der Waals surface area contributed by atoms with Crippen LogP contribution in [0.5, 0.6) is 0 Å². The number of nitrogens with two attached hydrogens (primary N) is 1. The monoisotopic (exact) mass is 312 g/mol. The number of aromatic nitrogens is 1. The van der Waals surface area contributed by atoms with Gasteiger partial charge in [-0.2, -0.15) is 0 Å². The van der Waals surface area contributed by atoms with Crippen LogP contribution in [0.4, 0.5) is 23.0 Å². The molecule has 2 rings (SSSR count). The van der Waals surface area contributed by atoms with E-state index < -0.39 is 4.92 Å². The molecular weight excluding hydrogens is 303 g/mol. The predicted octanol–water partition coefficient (Wildman–Crippen LogP) is 3.93. The maximum atomic E-state index is 10.7. The zero-order valence-electron chi connectivity index (χ0n) is 10.4. The van der Waals surface area contributed by atoms with Crippen molar-refractivity contribution < 1.29 is 4.92 Å². The first-order valence-electron chi connectivity index (χ1n) is 5.52. The van der Waals surface area contributed by atoms with Gasteiger partial charge in [0.05, 0.1) is 15.6 Å². The smallest absolute Gasteiger partial charge is 0.311 e. The average Bonchev–Trinajstić information content (AvgIpc) is 2.35. The van der Waals surface area contributed by atoms with E-state index in [9.17, 15) is 10.1 Å². The number of pyridine rings is 1. The molecule has 1 aromatic heterocycles. The van der Waals surface area contributed by atoms with Crippen molar-refractivity contribution in [2.45, 2.75) is 6.92 Å². The summed E-state index contributed by atoms with van der Waals surface area (Å²) in [5.74, 6) is 0.171. The van der Waals surface area contributed by atoms with E-state index >= 15 is 0 Å². The Bertz CT molecular complexity index is 691. The molecule has 3 N–H and O–H groups in total. The van der Waals surface area contributed by atoms with Crippen molar-refractivity contribution in [3.63, 3.8) is 0 Å². The minimum absolute atomic E-state index is 0.172. The molecule has 0 fully saturated rings. The van der Waals surface area contributed by atoms with E-state index in [0.29, 0.717) is 21.6 Å². The quantitative estimate of drug-likeness (QED) is 0.661. The number of anilines is 3. The fourth-order valence-electron chi connectivity index (χ4n) is 1.57. The van der Waals surface area contributed by atoms with Crippen LogP contribution >= 0.6 is 23.2 Å². The van der Waals surface area contributed by atoms with Gasteiger partial charge in [0.2, 0.25) is 5.82 Å². The van der Waals surface area contributed by atoms with Crippen molar-refractivity contribution in [1.82, 2.24) is 4.98 Å². The van der Waals surface area contributed by atoms with Gasteiger partial charge in [0, 0.05) is 11.1 Å². The van der Waals surface area contributed by atoms with Gasteiger partial charge in [0.25, 0.3) is 0 Å². The Morgan fingerprint density at radius 3 is 2.60 bits per heavy atom. The highest BCUT2D eigenvalue weighted by Gasteiger charge is 2.13. The molecule has 8 heteroatoms. The molecule has 0 aliphatic carbocycles. The summed E-state index contributed by atoms with van der Waals surface area (Å²) in [7, 11) is 0. The zero-order chi connectivity index (χ0) is 14.9. The Kier molecular flexibility index (Phi) is 3.96. The first-order chi connectivity index (χ1) is 9.38. The van der Waals surface area contributed by atoms with Crippen LogP contribution < -0.4 is 11.1 Å². The van der Waals surface area contributed by atoms with Gasteiger partial charge in [-0.05, 0) is 30.7 Å². The Hall–Kier alpha value is -2.05. The molecule has 1 heterocycles. The normalized spacial score (nSPS) is 10.3. The van der Waals surface area contributed by atoms with Gasteiger partial charge in [-0.1, -0.05) is 23.2 Å². The number of hydrogen-bond donors (Lipinski definition) is 2. The molecule has 6 nitrogen and oxygen atoms in total. The number of halogens is 2. The summed E-state index contributed by atoms with van der Waals surface area (Å²) in [5.41, 5.74) is 6.66. The summed E-state index contributed by atoms with van der Waals surface area (Å²) in [6, 6.07) is 6.08. The van der Waals surface area contributed by atoms with Crippen LogP contribution in [0.2, 0.25) is 10.0 Å². The highest BCUT2D eigenvalue weighted by molar-refractivity contribution is 6.35. The van der Waals surface area contributed by atoms with Gasteiger partial charge in [-0.3, -0.25) is 10.1 Å². The molecule has 0 radical (unpaired) electrons. The number of nitrogens with zero attached hydrogens (tertiary/aromatic N) is 2. The third-order valence-corrected chi connectivity index (χ3v) is 3.33. The lowest BCUT2D eigenvalue weighted by molar-refractivity contribution is -0.384. The standard InChI is InChI=1S/C12H10Cl2N4O2/c1-6-4-8(14)9(5-7(6)13)16-11-3-2-10(18(19)20)12(15)17-11/h2-5H,1H3,(H3,15,16,17). The molecule has 0 saturated heterocycles. The van der Waals surface area contributed by atoms with E-state index in [1.54, 1.807) is 12.1 Å². The zero-order valence-corrected chi connectivity index (χ0v) is 11.9. The molecule has 0 atom stereocenters. The largest absolute Gasteiger partial charge is 0.378 e. The average molecular weight is 313 g/mol.